The molecule has 2 aromatic carbocycles. The Hall–Kier alpha value is -3.87. The maximum Gasteiger partial charge on any atom is 0.258 e. The molecule has 1 spiro atoms. The molecule has 0 saturated carbocycles. The lowest BCUT2D eigenvalue weighted by atomic mass is 9.68. The third-order valence-corrected chi connectivity index (χ3v) is 6.20. The number of H-pyrrole nitrogens is 1. The molecule has 1 aromatic heterocycles. The number of fused-ring (bicyclic) bond motifs is 7. The van der Waals surface area contributed by atoms with Gasteiger partial charge in [0.1, 0.15) is 5.82 Å². The summed E-state index contributed by atoms with van der Waals surface area (Å²) in [5, 5.41) is 3.25. The highest BCUT2D eigenvalue weighted by Crippen LogP contribution is 2.56. The molecule has 0 radical (unpaired) electrons. The van der Waals surface area contributed by atoms with E-state index in [-0.39, 0.29) is 17.3 Å². The third-order valence-electron chi connectivity index (χ3n) is 6.20. The number of nitrogens with two attached hydrogens (primary N) is 1. The molecular formula is C22H17N5O2. The van der Waals surface area contributed by atoms with Gasteiger partial charge in [0.2, 0.25) is 5.95 Å². The van der Waals surface area contributed by atoms with Crippen LogP contribution in [-0.2, 0) is 5.41 Å². The second-order valence-electron chi connectivity index (χ2n) is 7.70. The second-order valence-corrected chi connectivity index (χ2v) is 7.70. The SMILES string of the molecule is CN1CC2(C3=C(Nc4nc(N)[nH]c(=O)c42)c2ccccc2C3=O)c2ccccc21. The molecule has 0 amide bonds. The normalized spacial score (nSPS) is 21.0. The van der Waals surface area contributed by atoms with E-state index in [4.69, 9.17) is 5.73 Å². The van der Waals surface area contributed by atoms with E-state index in [2.05, 4.69) is 20.2 Å². The average Bonchev–Trinajstić information content (AvgIpc) is 3.15. The van der Waals surface area contributed by atoms with Crippen molar-refractivity contribution in [2.75, 3.05) is 29.5 Å². The number of para-hydroxylation sites is 1. The number of benzene rings is 2. The topological polar surface area (TPSA) is 104 Å². The van der Waals surface area contributed by atoms with Gasteiger partial charge in [-0.1, -0.05) is 42.5 Å². The van der Waals surface area contributed by atoms with Crippen LogP contribution < -0.4 is 21.5 Å². The Morgan fingerprint density at radius 2 is 1.79 bits per heavy atom. The number of anilines is 3. The summed E-state index contributed by atoms with van der Waals surface area (Å²) in [6, 6.07) is 15.4. The van der Waals surface area contributed by atoms with Crippen molar-refractivity contribution in [3.8, 4) is 0 Å². The highest BCUT2D eigenvalue weighted by atomic mass is 16.1. The molecule has 2 aliphatic heterocycles. The van der Waals surface area contributed by atoms with Crippen LogP contribution in [0.25, 0.3) is 5.70 Å². The maximum atomic E-state index is 13.6. The number of aromatic amines is 1. The number of rotatable bonds is 0. The predicted octanol–water partition coefficient (Wildman–Crippen LogP) is 2.12. The van der Waals surface area contributed by atoms with Crippen LogP contribution in [0.15, 0.2) is 58.9 Å². The van der Waals surface area contributed by atoms with Crippen LogP contribution in [0, 0.1) is 0 Å². The number of hydrogen-bond acceptors (Lipinski definition) is 6. The Bertz CT molecular complexity index is 1340. The summed E-state index contributed by atoms with van der Waals surface area (Å²) < 4.78 is 0. The van der Waals surface area contributed by atoms with Crippen LogP contribution in [0.4, 0.5) is 17.5 Å². The number of nitrogens with zero attached hydrogens (tertiary/aromatic N) is 2. The minimum Gasteiger partial charge on any atom is -0.373 e. The van der Waals surface area contributed by atoms with Gasteiger partial charge in [-0.2, -0.15) is 4.98 Å². The van der Waals surface area contributed by atoms with Gasteiger partial charge in [-0.25, -0.2) is 0 Å². The van der Waals surface area contributed by atoms with E-state index >= 15 is 0 Å². The van der Waals surface area contributed by atoms with Crippen molar-refractivity contribution in [2.45, 2.75) is 5.41 Å². The fraction of sp³-hybridized carbons (Fsp3) is 0.136. The lowest BCUT2D eigenvalue weighted by Gasteiger charge is -2.36. The van der Waals surface area contributed by atoms with Crippen molar-refractivity contribution >= 4 is 28.9 Å². The zero-order chi connectivity index (χ0) is 19.9. The third kappa shape index (κ3) is 1.80. The van der Waals surface area contributed by atoms with E-state index in [9.17, 15) is 9.59 Å². The van der Waals surface area contributed by atoms with Gasteiger partial charge in [0.25, 0.3) is 5.56 Å². The van der Waals surface area contributed by atoms with E-state index in [1.807, 2.05) is 55.6 Å². The molecule has 0 bridgehead atoms. The highest BCUT2D eigenvalue weighted by molar-refractivity contribution is 6.25. The molecule has 7 heteroatoms. The molecule has 29 heavy (non-hydrogen) atoms. The van der Waals surface area contributed by atoms with Gasteiger partial charge in [-0.3, -0.25) is 14.6 Å². The van der Waals surface area contributed by atoms with Crippen LogP contribution in [-0.4, -0.2) is 29.3 Å². The van der Waals surface area contributed by atoms with Gasteiger partial charge in [0.15, 0.2) is 5.78 Å². The molecule has 142 valence electrons. The zero-order valence-electron chi connectivity index (χ0n) is 15.6. The van der Waals surface area contributed by atoms with Crippen molar-refractivity contribution < 1.29 is 4.79 Å². The summed E-state index contributed by atoms with van der Waals surface area (Å²) in [5.41, 5.74) is 9.71. The molecule has 1 unspecified atom stereocenters. The van der Waals surface area contributed by atoms with Crippen molar-refractivity contribution in [3.63, 3.8) is 0 Å². The van der Waals surface area contributed by atoms with E-state index in [0.717, 1.165) is 16.8 Å². The fourth-order valence-corrected chi connectivity index (χ4v) is 5.16. The molecule has 1 atom stereocenters. The molecule has 7 nitrogen and oxygen atoms in total. The molecule has 0 saturated heterocycles. The van der Waals surface area contributed by atoms with Crippen molar-refractivity contribution in [1.82, 2.24) is 9.97 Å². The Morgan fingerprint density at radius 1 is 1.07 bits per heavy atom. The molecule has 4 N–H and O–H groups in total. The standard InChI is InChI=1S/C22H17N5O2/c1-27-10-22(13-8-4-5-9-14(13)27)15-17(11-6-2-3-7-12(11)18(15)28)24-19-16(22)20(29)26-21(23)25-19/h2-9H,10H2,1H3,(H4,23,24,25,26,29). The Morgan fingerprint density at radius 3 is 2.62 bits per heavy atom. The summed E-state index contributed by atoms with van der Waals surface area (Å²) >= 11 is 0. The van der Waals surface area contributed by atoms with Crippen LogP contribution in [0.1, 0.15) is 27.0 Å². The smallest absolute Gasteiger partial charge is 0.258 e. The number of nitrogens with one attached hydrogen (secondary N) is 2. The number of aromatic nitrogens is 2. The van der Waals surface area contributed by atoms with E-state index in [1.54, 1.807) is 0 Å². The first-order valence-corrected chi connectivity index (χ1v) is 9.39. The minimum atomic E-state index is -0.925. The minimum absolute atomic E-state index is 0.0395. The van der Waals surface area contributed by atoms with Crippen molar-refractivity contribution in [2.24, 2.45) is 0 Å². The average molecular weight is 383 g/mol. The second kappa shape index (κ2) is 5.14. The fourth-order valence-electron chi connectivity index (χ4n) is 5.16. The number of likely N-dealkylation sites (N-methyl/N-ethyl adjacent to an activating group) is 1. The Labute approximate surface area is 165 Å². The van der Waals surface area contributed by atoms with Crippen LogP contribution in [0.5, 0.6) is 0 Å². The summed E-state index contributed by atoms with van der Waals surface area (Å²) in [6.45, 7) is 0.467. The monoisotopic (exact) mass is 383 g/mol. The van der Waals surface area contributed by atoms with Gasteiger partial charge < -0.3 is 16.0 Å². The largest absolute Gasteiger partial charge is 0.373 e. The molecule has 6 rings (SSSR count). The van der Waals surface area contributed by atoms with E-state index < -0.39 is 5.41 Å². The summed E-state index contributed by atoms with van der Waals surface area (Å²) in [4.78, 5) is 35.9. The maximum absolute atomic E-state index is 13.6. The molecular weight excluding hydrogens is 366 g/mol. The number of hydrogen-bond donors (Lipinski definition) is 3. The molecule has 3 heterocycles. The van der Waals surface area contributed by atoms with E-state index in [1.165, 1.54) is 0 Å². The first-order valence-electron chi connectivity index (χ1n) is 9.39. The number of carbonyl (C=O) groups is 1. The van der Waals surface area contributed by atoms with Gasteiger partial charge in [-0.05, 0) is 11.6 Å². The summed E-state index contributed by atoms with van der Waals surface area (Å²) in [5.74, 6) is 0.382. The molecule has 3 aromatic rings. The summed E-state index contributed by atoms with van der Waals surface area (Å²) in [7, 11) is 1.97. The molecule has 3 aliphatic rings. The lowest BCUT2D eigenvalue weighted by Crippen LogP contribution is -2.45. The van der Waals surface area contributed by atoms with Gasteiger partial charge >= 0.3 is 0 Å². The Balaban J connectivity index is 1.78. The van der Waals surface area contributed by atoms with Gasteiger partial charge in [0.05, 0.1) is 16.7 Å². The number of nitrogen functional groups attached to an aromatic ring is 1. The molecule has 1 aliphatic carbocycles. The molecule has 0 fully saturated rings. The van der Waals surface area contributed by atoms with Crippen molar-refractivity contribution in [3.05, 3.63) is 86.7 Å². The van der Waals surface area contributed by atoms with Crippen molar-refractivity contribution in [1.29, 1.82) is 0 Å². The number of Topliss-reactive ketones (excluding diaryl/α,β-unsaturated/α-hetero) is 1. The number of carbonyl (C=O) groups excluding carboxylic acids is 1. The van der Waals surface area contributed by atoms with Gasteiger partial charge in [0, 0.05) is 36.0 Å². The highest BCUT2D eigenvalue weighted by Gasteiger charge is 2.56. The number of ketones is 1. The van der Waals surface area contributed by atoms with Gasteiger partial charge in [-0.15, -0.1) is 0 Å². The van der Waals surface area contributed by atoms with E-state index in [0.29, 0.717) is 34.8 Å². The van der Waals surface area contributed by atoms with Crippen LogP contribution >= 0.6 is 0 Å². The zero-order valence-corrected chi connectivity index (χ0v) is 15.6. The summed E-state index contributed by atoms with van der Waals surface area (Å²) in [6.07, 6.45) is 0. The lowest BCUT2D eigenvalue weighted by molar-refractivity contribution is 0.102. The van der Waals surface area contributed by atoms with Crippen LogP contribution in [0.2, 0.25) is 0 Å². The van der Waals surface area contributed by atoms with Crippen LogP contribution in [0.3, 0.4) is 0 Å². The Kier molecular flexibility index (Phi) is 2.86. The quantitative estimate of drug-likeness (QED) is 0.549. The predicted molar refractivity (Wildman–Crippen MR) is 111 cm³/mol. The first-order chi connectivity index (χ1) is 14.0. The first kappa shape index (κ1) is 16.1.